The van der Waals surface area contributed by atoms with Gasteiger partial charge in [-0.2, -0.15) is 13.2 Å². The lowest BCUT2D eigenvalue weighted by Gasteiger charge is -2.16. The van der Waals surface area contributed by atoms with Crippen LogP contribution in [0, 0.1) is 0 Å². The summed E-state index contributed by atoms with van der Waals surface area (Å²) in [5, 5.41) is 2.68. The third-order valence-corrected chi connectivity index (χ3v) is 3.66. The summed E-state index contributed by atoms with van der Waals surface area (Å²) in [6, 6.07) is 2.88. The molecule has 2 nitrogen and oxygen atoms in total. The summed E-state index contributed by atoms with van der Waals surface area (Å²) in [6.07, 6.45) is -3.78. The van der Waals surface area contributed by atoms with Crippen molar-refractivity contribution in [1.82, 2.24) is 5.32 Å². The topological polar surface area (TPSA) is 29.1 Å². The van der Waals surface area contributed by atoms with Crippen LogP contribution in [0.3, 0.4) is 0 Å². The zero-order chi connectivity index (χ0) is 15.5. The molecule has 2 atom stereocenters. The standard InChI is InChI=1S/C13H14Br2F3NO/c1-7(14)5-8(2)19-12(20)10-6-9(13(16,17)18)3-4-11(10)15/h3-4,6-8H,5H2,1-2H3,(H,19,20). The predicted molar refractivity (Wildman–Crippen MR) is 79.1 cm³/mol. The second-order valence-electron chi connectivity index (χ2n) is 4.58. The van der Waals surface area contributed by atoms with E-state index in [1.165, 1.54) is 6.07 Å². The van der Waals surface area contributed by atoms with E-state index in [1.807, 2.05) is 6.92 Å². The fraction of sp³-hybridized carbons (Fsp3) is 0.462. The summed E-state index contributed by atoms with van der Waals surface area (Å²) < 4.78 is 38.3. The predicted octanol–water partition coefficient (Wildman–Crippen LogP) is 4.76. The average molecular weight is 417 g/mol. The normalized spacial score (nSPS) is 14.8. The van der Waals surface area contributed by atoms with Gasteiger partial charge in [-0.25, -0.2) is 0 Å². The largest absolute Gasteiger partial charge is 0.416 e. The van der Waals surface area contributed by atoms with Gasteiger partial charge in [-0.1, -0.05) is 22.9 Å². The van der Waals surface area contributed by atoms with Gasteiger partial charge in [0.05, 0.1) is 11.1 Å². The number of nitrogens with one attached hydrogen (secondary N) is 1. The molecule has 0 fully saturated rings. The van der Waals surface area contributed by atoms with Gasteiger partial charge >= 0.3 is 6.18 Å². The SMILES string of the molecule is CC(Br)CC(C)NC(=O)c1cc(C(F)(F)F)ccc1Br. The zero-order valence-corrected chi connectivity index (χ0v) is 14.1. The molecule has 2 unspecified atom stereocenters. The van der Waals surface area contributed by atoms with Crippen molar-refractivity contribution < 1.29 is 18.0 Å². The van der Waals surface area contributed by atoms with Crippen LogP contribution in [-0.2, 0) is 6.18 Å². The van der Waals surface area contributed by atoms with Gasteiger partial charge in [-0.05, 0) is 47.5 Å². The van der Waals surface area contributed by atoms with E-state index in [0.717, 1.165) is 12.1 Å². The van der Waals surface area contributed by atoms with Crippen molar-refractivity contribution in [3.05, 3.63) is 33.8 Å². The number of hydrogen-bond acceptors (Lipinski definition) is 1. The Labute approximate surface area is 132 Å². The van der Waals surface area contributed by atoms with Crippen LogP contribution in [0.1, 0.15) is 36.2 Å². The molecule has 20 heavy (non-hydrogen) atoms. The summed E-state index contributed by atoms with van der Waals surface area (Å²) >= 11 is 6.47. The molecule has 0 bridgehead atoms. The highest BCUT2D eigenvalue weighted by Crippen LogP contribution is 2.31. The first-order valence-electron chi connectivity index (χ1n) is 5.93. The minimum Gasteiger partial charge on any atom is -0.350 e. The van der Waals surface area contributed by atoms with Gasteiger partial charge in [-0.15, -0.1) is 0 Å². The van der Waals surface area contributed by atoms with E-state index in [1.54, 1.807) is 6.92 Å². The van der Waals surface area contributed by atoms with E-state index < -0.39 is 17.6 Å². The van der Waals surface area contributed by atoms with Crippen LogP contribution in [0.2, 0.25) is 0 Å². The van der Waals surface area contributed by atoms with Crippen molar-refractivity contribution in [1.29, 1.82) is 0 Å². The van der Waals surface area contributed by atoms with Gasteiger partial charge in [0.2, 0.25) is 0 Å². The van der Waals surface area contributed by atoms with E-state index in [9.17, 15) is 18.0 Å². The van der Waals surface area contributed by atoms with Crippen LogP contribution in [0.5, 0.6) is 0 Å². The number of carbonyl (C=O) groups is 1. The van der Waals surface area contributed by atoms with E-state index in [-0.39, 0.29) is 16.4 Å². The van der Waals surface area contributed by atoms with Crippen molar-refractivity contribution in [3.63, 3.8) is 0 Å². The minimum absolute atomic E-state index is 0.0195. The molecule has 0 heterocycles. The molecular weight excluding hydrogens is 403 g/mol. The number of rotatable bonds is 4. The monoisotopic (exact) mass is 415 g/mol. The third-order valence-electron chi connectivity index (χ3n) is 2.59. The molecule has 0 saturated heterocycles. The van der Waals surface area contributed by atoms with E-state index in [4.69, 9.17) is 0 Å². The molecule has 0 saturated carbocycles. The molecule has 112 valence electrons. The van der Waals surface area contributed by atoms with Crippen molar-refractivity contribution in [3.8, 4) is 0 Å². The first-order chi connectivity index (χ1) is 9.11. The molecule has 0 aliphatic carbocycles. The summed E-state index contributed by atoms with van der Waals surface area (Å²) in [5.74, 6) is -0.524. The number of amides is 1. The maximum atomic E-state index is 12.6. The quantitative estimate of drug-likeness (QED) is 0.704. The molecular formula is C13H14Br2F3NO. The second-order valence-corrected chi connectivity index (χ2v) is 7.00. The highest BCUT2D eigenvalue weighted by molar-refractivity contribution is 9.10. The van der Waals surface area contributed by atoms with Gasteiger partial charge in [0, 0.05) is 15.3 Å². The second kappa shape index (κ2) is 6.93. The molecule has 1 rings (SSSR count). The highest BCUT2D eigenvalue weighted by Gasteiger charge is 2.31. The number of hydrogen-bond donors (Lipinski definition) is 1. The number of carbonyl (C=O) groups excluding carboxylic acids is 1. The van der Waals surface area contributed by atoms with Crippen LogP contribution in [0.4, 0.5) is 13.2 Å². The summed E-state index contributed by atoms with van der Waals surface area (Å²) in [4.78, 5) is 12.2. The minimum atomic E-state index is -4.47. The maximum Gasteiger partial charge on any atom is 0.416 e. The number of halogens is 5. The van der Waals surface area contributed by atoms with Crippen LogP contribution in [0.15, 0.2) is 22.7 Å². The average Bonchev–Trinajstić information content (AvgIpc) is 2.26. The number of alkyl halides is 4. The lowest BCUT2D eigenvalue weighted by Crippen LogP contribution is -2.34. The van der Waals surface area contributed by atoms with Crippen molar-refractivity contribution in [2.75, 3.05) is 0 Å². The molecule has 0 aliphatic heterocycles. The maximum absolute atomic E-state index is 12.6. The van der Waals surface area contributed by atoms with Crippen molar-refractivity contribution in [2.24, 2.45) is 0 Å². The Morgan fingerprint density at radius 1 is 1.35 bits per heavy atom. The van der Waals surface area contributed by atoms with Crippen LogP contribution >= 0.6 is 31.9 Å². The molecule has 1 aromatic rings. The first kappa shape index (κ1) is 17.5. The van der Waals surface area contributed by atoms with Crippen LogP contribution < -0.4 is 5.32 Å². The molecule has 1 amide bonds. The summed E-state index contributed by atoms with van der Waals surface area (Å²) in [5.41, 5.74) is -0.860. The van der Waals surface area contributed by atoms with Crippen molar-refractivity contribution in [2.45, 2.75) is 37.3 Å². The molecule has 0 radical (unpaired) electrons. The van der Waals surface area contributed by atoms with E-state index >= 15 is 0 Å². The van der Waals surface area contributed by atoms with Crippen LogP contribution in [0.25, 0.3) is 0 Å². The third kappa shape index (κ3) is 5.09. The Morgan fingerprint density at radius 2 is 1.95 bits per heavy atom. The smallest absolute Gasteiger partial charge is 0.350 e. The number of benzene rings is 1. The molecule has 1 aromatic carbocycles. The van der Waals surface area contributed by atoms with E-state index in [0.29, 0.717) is 10.9 Å². The Bertz CT molecular complexity index is 489. The molecule has 7 heteroatoms. The van der Waals surface area contributed by atoms with Gasteiger partial charge in [0.1, 0.15) is 0 Å². The van der Waals surface area contributed by atoms with Gasteiger partial charge < -0.3 is 5.32 Å². The Morgan fingerprint density at radius 3 is 2.45 bits per heavy atom. The lowest BCUT2D eigenvalue weighted by molar-refractivity contribution is -0.137. The Hall–Kier alpha value is -0.560. The summed E-state index contributed by atoms with van der Waals surface area (Å²) in [6.45, 7) is 3.74. The Kier molecular flexibility index (Phi) is 6.06. The van der Waals surface area contributed by atoms with Gasteiger partial charge in [-0.3, -0.25) is 4.79 Å². The van der Waals surface area contributed by atoms with E-state index in [2.05, 4.69) is 37.2 Å². The van der Waals surface area contributed by atoms with Crippen molar-refractivity contribution >= 4 is 37.8 Å². The summed E-state index contributed by atoms with van der Waals surface area (Å²) in [7, 11) is 0. The van der Waals surface area contributed by atoms with Crippen LogP contribution in [-0.4, -0.2) is 16.8 Å². The molecule has 0 aliphatic rings. The zero-order valence-electron chi connectivity index (χ0n) is 10.9. The Balaban J connectivity index is 2.92. The molecule has 0 aromatic heterocycles. The fourth-order valence-electron chi connectivity index (χ4n) is 1.72. The molecule has 0 spiro atoms. The molecule has 1 N–H and O–H groups in total. The highest BCUT2D eigenvalue weighted by atomic mass is 79.9. The lowest BCUT2D eigenvalue weighted by atomic mass is 10.1. The van der Waals surface area contributed by atoms with Gasteiger partial charge in [0.15, 0.2) is 0 Å². The van der Waals surface area contributed by atoms with Gasteiger partial charge in [0.25, 0.3) is 5.91 Å². The fourth-order valence-corrected chi connectivity index (χ4v) is 2.71. The first-order valence-corrected chi connectivity index (χ1v) is 7.63.